The number of carboxylic acid groups (broad SMARTS) is 1. The van der Waals surface area contributed by atoms with Crippen LogP contribution < -0.4 is 4.74 Å². The highest BCUT2D eigenvalue weighted by Gasteiger charge is 2.14. The molecule has 0 saturated carbocycles. The third-order valence-electron chi connectivity index (χ3n) is 2.43. The van der Waals surface area contributed by atoms with Crippen LogP contribution in [0.3, 0.4) is 0 Å². The zero-order valence-corrected chi connectivity index (χ0v) is 10.2. The third kappa shape index (κ3) is 2.44. The van der Waals surface area contributed by atoms with Crippen molar-refractivity contribution in [3.8, 4) is 5.75 Å². The Labute approximate surface area is 102 Å². The van der Waals surface area contributed by atoms with E-state index >= 15 is 0 Å². The lowest BCUT2D eigenvalue weighted by molar-refractivity contribution is -0.131. The smallest absolute Gasteiger partial charge is 0.328 e. The van der Waals surface area contributed by atoms with Crippen molar-refractivity contribution in [3.05, 3.63) is 34.3 Å². The van der Waals surface area contributed by atoms with Crippen molar-refractivity contribution in [3.63, 3.8) is 0 Å². The average Bonchev–Trinajstić information content (AvgIpc) is 2.41. The van der Waals surface area contributed by atoms with Crippen molar-refractivity contribution in [1.82, 2.24) is 0 Å². The van der Waals surface area contributed by atoms with E-state index in [-0.39, 0.29) is 0 Å². The molecule has 2 rings (SSSR count). The minimum absolute atomic E-state index is 0.631. The van der Waals surface area contributed by atoms with Gasteiger partial charge in [0.25, 0.3) is 0 Å². The lowest BCUT2D eigenvalue weighted by Gasteiger charge is -2.08. The number of carbonyl (C=O) groups is 1. The van der Waals surface area contributed by atoms with Crippen LogP contribution in [0.5, 0.6) is 5.75 Å². The van der Waals surface area contributed by atoms with E-state index in [1.165, 1.54) is 6.08 Å². The van der Waals surface area contributed by atoms with Gasteiger partial charge in [0.05, 0.1) is 6.61 Å². The fourth-order valence-corrected chi connectivity index (χ4v) is 2.12. The number of rotatable bonds is 1. The van der Waals surface area contributed by atoms with E-state index in [9.17, 15) is 4.79 Å². The monoisotopic (exact) mass is 282 g/mol. The number of hydrogen-bond acceptors (Lipinski definition) is 2. The van der Waals surface area contributed by atoms with Gasteiger partial charge in [-0.25, -0.2) is 4.79 Å². The highest BCUT2D eigenvalue weighted by Crippen LogP contribution is 2.34. The summed E-state index contributed by atoms with van der Waals surface area (Å²) in [6, 6.07) is 5.65. The zero-order chi connectivity index (χ0) is 11.5. The van der Waals surface area contributed by atoms with E-state index in [2.05, 4.69) is 15.9 Å². The number of fused-ring (bicyclic) bond motifs is 1. The second-order valence-electron chi connectivity index (χ2n) is 3.60. The third-order valence-corrected chi connectivity index (χ3v) is 2.93. The summed E-state index contributed by atoms with van der Waals surface area (Å²) in [5.41, 5.74) is 1.69. The van der Waals surface area contributed by atoms with Crippen LogP contribution in [0.4, 0.5) is 0 Å². The lowest BCUT2D eigenvalue weighted by atomic mass is 10.0. The van der Waals surface area contributed by atoms with Gasteiger partial charge in [-0.3, -0.25) is 0 Å². The summed E-state index contributed by atoms with van der Waals surface area (Å²) in [7, 11) is 0. The first-order chi connectivity index (χ1) is 7.66. The van der Waals surface area contributed by atoms with E-state index in [0.29, 0.717) is 6.61 Å². The Balaban J connectivity index is 2.50. The first kappa shape index (κ1) is 11.2. The molecule has 84 valence electrons. The molecule has 0 amide bonds. The minimum Gasteiger partial charge on any atom is -0.493 e. The van der Waals surface area contributed by atoms with Gasteiger partial charge in [-0.05, 0) is 36.6 Å². The van der Waals surface area contributed by atoms with E-state index in [1.54, 1.807) is 0 Å². The molecule has 0 bridgehead atoms. The number of benzene rings is 1. The predicted molar refractivity (Wildman–Crippen MR) is 64.5 cm³/mol. The van der Waals surface area contributed by atoms with Crippen LogP contribution in [0.2, 0.25) is 0 Å². The standard InChI is InChI=1S/C12H11BrO3/c13-9-3-4-11-10(7-9)8(6-12(14)15)2-1-5-16-11/h3-4,6-7H,1-2,5H2,(H,14,15)/b8-6+. The highest BCUT2D eigenvalue weighted by atomic mass is 79.9. The summed E-state index contributed by atoms with van der Waals surface area (Å²) in [6.45, 7) is 0.631. The van der Waals surface area contributed by atoms with Crippen molar-refractivity contribution in [1.29, 1.82) is 0 Å². The number of allylic oxidation sites excluding steroid dienone is 1. The number of halogens is 1. The topological polar surface area (TPSA) is 46.5 Å². The van der Waals surface area contributed by atoms with Crippen LogP contribution in [-0.4, -0.2) is 17.7 Å². The molecule has 0 unspecified atom stereocenters. The van der Waals surface area contributed by atoms with Crippen molar-refractivity contribution < 1.29 is 14.6 Å². The Morgan fingerprint density at radius 1 is 1.50 bits per heavy atom. The molecular weight excluding hydrogens is 272 g/mol. The molecule has 1 aromatic rings. The van der Waals surface area contributed by atoms with E-state index in [1.807, 2.05) is 18.2 Å². The van der Waals surface area contributed by atoms with Crippen LogP contribution in [0, 0.1) is 0 Å². The number of ether oxygens (including phenoxy) is 1. The van der Waals surface area contributed by atoms with Crippen molar-refractivity contribution in [2.45, 2.75) is 12.8 Å². The number of hydrogen-bond donors (Lipinski definition) is 1. The minimum atomic E-state index is -0.914. The maximum absolute atomic E-state index is 10.7. The molecule has 0 aromatic heterocycles. The first-order valence-corrected chi connectivity index (χ1v) is 5.82. The quantitative estimate of drug-likeness (QED) is 0.806. The van der Waals surface area contributed by atoms with Crippen LogP contribution in [-0.2, 0) is 4.79 Å². The van der Waals surface area contributed by atoms with Crippen LogP contribution in [0.25, 0.3) is 5.57 Å². The maximum atomic E-state index is 10.7. The van der Waals surface area contributed by atoms with Gasteiger partial charge in [-0.1, -0.05) is 15.9 Å². The predicted octanol–water partition coefficient (Wildman–Crippen LogP) is 3.09. The Bertz CT molecular complexity index is 452. The van der Waals surface area contributed by atoms with Gasteiger partial charge in [-0.2, -0.15) is 0 Å². The highest BCUT2D eigenvalue weighted by molar-refractivity contribution is 9.10. The molecule has 16 heavy (non-hydrogen) atoms. The molecule has 0 saturated heterocycles. The number of carboxylic acids is 1. The second-order valence-corrected chi connectivity index (χ2v) is 4.52. The molecule has 1 N–H and O–H groups in total. The molecule has 1 aliphatic rings. The summed E-state index contributed by atoms with van der Waals surface area (Å²) < 4.78 is 6.48. The molecule has 1 aliphatic heterocycles. The first-order valence-electron chi connectivity index (χ1n) is 5.03. The van der Waals surface area contributed by atoms with Gasteiger partial charge in [-0.15, -0.1) is 0 Å². The van der Waals surface area contributed by atoms with Gasteiger partial charge in [0, 0.05) is 16.1 Å². The van der Waals surface area contributed by atoms with Gasteiger partial charge in [0.2, 0.25) is 0 Å². The molecule has 0 radical (unpaired) electrons. The van der Waals surface area contributed by atoms with Crippen LogP contribution in [0.15, 0.2) is 28.7 Å². The van der Waals surface area contributed by atoms with E-state index < -0.39 is 5.97 Å². The Morgan fingerprint density at radius 3 is 3.06 bits per heavy atom. The van der Waals surface area contributed by atoms with Gasteiger partial charge >= 0.3 is 5.97 Å². The van der Waals surface area contributed by atoms with E-state index in [4.69, 9.17) is 9.84 Å². The Morgan fingerprint density at radius 2 is 2.31 bits per heavy atom. The summed E-state index contributed by atoms with van der Waals surface area (Å²) in [6.07, 6.45) is 2.83. The average molecular weight is 283 g/mol. The fourth-order valence-electron chi connectivity index (χ4n) is 1.76. The number of aliphatic carboxylic acids is 1. The van der Waals surface area contributed by atoms with Gasteiger partial charge in [0.15, 0.2) is 0 Å². The Kier molecular flexibility index (Phi) is 3.29. The summed E-state index contributed by atoms with van der Waals surface area (Å²) >= 11 is 3.38. The zero-order valence-electron chi connectivity index (χ0n) is 8.57. The molecule has 4 heteroatoms. The maximum Gasteiger partial charge on any atom is 0.328 e. The molecule has 0 fully saturated rings. The summed E-state index contributed by atoms with van der Waals surface area (Å²) in [5, 5.41) is 8.82. The van der Waals surface area contributed by atoms with Crippen molar-refractivity contribution >= 4 is 27.5 Å². The van der Waals surface area contributed by atoms with Gasteiger partial charge in [0.1, 0.15) is 5.75 Å². The molecule has 0 atom stereocenters. The fraction of sp³-hybridized carbons (Fsp3) is 0.250. The normalized spacial score (nSPS) is 17.4. The summed E-state index contributed by atoms with van der Waals surface area (Å²) in [5.74, 6) is -0.156. The molecular formula is C12H11BrO3. The molecule has 0 spiro atoms. The molecule has 3 nitrogen and oxygen atoms in total. The second kappa shape index (κ2) is 4.70. The largest absolute Gasteiger partial charge is 0.493 e. The van der Waals surface area contributed by atoms with Gasteiger partial charge < -0.3 is 9.84 Å². The molecule has 0 aliphatic carbocycles. The van der Waals surface area contributed by atoms with Crippen molar-refractivity contribution in [2.75, 3.05) is 6.61 Å². The van der Waals surface area contributed by atoms with E-state index in [0.717, 1.165) is 34.2 Å². The van der Waals surface area contributed by atoms with Crippen LogP contribution >= 0.6 is 15.9 Å². The Hall–Kier alpha value is -1.29. The lowest BCUT2D eigenvalue weighted by Crippen LogP contribution is -1.94. The molecule has 1 heterocycles. The van der Waals surface area contributed by atoms with Crippen LogP contribution in [0.1, 0.15) is 18.4 Å². The van der Waals surface area contributed by atoms with Crippen molar-refractivity contribution in [2.24, 2.45) is 0 Å². The summed E-state index contributed by atoms with van der Waals surface area (Å²) in [4.78, 5) is 10.7. The SMILES string of the molecule is O=C(O)/C=C1\CCCOc2ccc(Br)cc21. The molecule has 1 aromatic carbocycles.